The van der Waals surface area contributed by atoms with Crippen LogP contribution in [0.5, 0.6) is 0 Å². The zero-order chi connectivity index (χ0) is 17.5. The smallest absolute Gasteiger partial charge is 0.265 e. The minimum absolute atomic E-state index is 0.0956. The van der Waals surface area contributed by atoms with Crippen molar-refractivity contribution in [2.24, 2.45) is 0 Å². The fourth-order valence-corrected chi connectivity index (χ4v) is 3.90. The molecule has 4 aromatic rings. The lowest BCUT2D eigenvalue weighted by atomic mass is 10.2. The van der Waals surface area contributed by atoms with Crippen LogP contribution in [0, 0.1) is 0 Å². The van der Waals surface area contributed by atoms with E-state index >= 15 is 0 Å². The second kappa shape index (κ2) is 6.03. The van der Waals surface area contributed by atoms with Crippen LogP contribution in [-0.2, 0) is 0 Å². The number of rotatable bonds is 4. The van der Waals surface area contributed by atoms with Crippen LogP contribution in [0.15, 0.2) is 54.6 Å². The molecule has 1 amide bonds. The van der Waals surface area contributed by atoms with Crippen LogP contribution in [0.2, 0.25) is 0 Å². The summed E-state index contributed by atoms with van der Waals surface area (Å²) in [5, 5.41) is 16.0. The number of carbonyl (C=O) groups excluding carboxylic acids is 1. The van der Waals surface area contributed by atoms with Gasteiger partial charge in [0, 0.05) is 16.0 Å². The van der Waals surface area contributed by atoms with Crippen molar-refractivity contribution in [3.05, 3.63) is 59.5 Å². The Morgan fingerprint density at radius 1 is 1.12 bits per heavy atom. The Balaban J connectivity index is 1.35. The maximum Gasteiger partial charge on any atom is 0.265 e. The predicted molar refractivity (Wildman–Crippen MR) is 101 cm³/mol. The van der Waals surface area contributed by atoms with Gasteiger partial charge in [0.05, 0.1) is 10.9 Å². The molecule has 1 aliphatic rings. The van der Waals surface area contributed by atoms with Gasteiger partial charge in [-0.05, 0) is 65.1 Å². The fourth-order valence-electron chi connectivity index (χ4n) is 2.94. The molecule has 2 aromatic heterocycles. The standard InChI is InChI=1S/C19H15N5OS/c25-19(17-11-13-3-1-2-4-16(13)26-17)20-14-7-5-12(6-8-14)18-21-22-23-24(18)15-9-10-15/h1-8,11,15H,9-10H2,(H,20,25). The summed E-state index contributed by atoms with van der Waals surface area (Å²) in [6.45, 7) is 0. The minimum Gasteiger partial charge on any atom is -0.321 e. The van der Waals surface area contributed by atoms with Gasteiger partial charge in [-0.3, -0.25) is 4.79 Å². The molecule has 0 radical (unpaired) electrons. The number of carbonyl (C=O) groups is 1. The van der Waals surface area contributed by atoms with Gasteiger partial charge in [0.1, 0.15) is 0 Å². The first kappa shape index (κ1) is 15.2. The highest BCUT2D eigenvalue weighted by molar-refractivity contribution is 7.20. The molecule has 7 heteroatoms. The topological polar surface area (TPSA) is 72.7 Å². The second-order valence-corrected chi connectivity index (χ2v) is 7.44. The van der Waals surface area contributed by atoms with Gasteiger partial charge in [-0.15, -0.1) is 16.4 Å². The quantitative estimate of drug-likeness (QED) is 0.593. The van der Waals surface area contributed by atoms with Crippen molar-refractivity contribution in [1.29, 1.82) is 0 Å². The number of hydrogen-bond donors (Lipinski definition) is 1. The number of benzene rings is 2. The van der Waals surface area contributed by atoms with E-state index in [-0.39, 0.29) is 5.91 Å². The van der Waals surface area contributed by atoms with E-state index in [1.165, 1.54) is 11.3 Å². The monoisotopic (exact) mass is 361 g/mol. The lowest BCUT2D eigenvalue weighted by Gasteiger charge is -2.06. The van der Waals surface area contributed by atoms with E-state index in [2.05, 4.69) is 20.8 Å². The van der Waals surface area contributed by atoms with Crippen LogP contribution in [-0.4, -0.2) is 26.1 Å². The number of hydrogen-bond acceptors (Lipinski definition) is 5. The molecule has 0 bridgehead atoms. The fraction of sp³-hybridized carbons (Fsp3) is 0.158. The van der Waals surface area contributed by atoms with Crippen LogP contribution < -0.4 is 5.32 Å². The molecule has 0 unspecified atom stereocenters. The summed E-state index contributed by atoms with van der Waals surface area (Å²) >= 11 is 1.50. The number of aromatic nitrogens is 4. The molecule has 1 saturated carbocycles. The van der Waals surface area contributed by atoms with E-state index in [1.807, 2.05) is 59.3 Å². The molecule has 128 valence electrons. The van der Waals surface area contributed by atoms with Gasteiger partial charge in [0.25, 0.3) is 5.91 Å². The molecule has 1 fully saturated rings. The van der Waals surface area contributed by atoms with Crippen molar-refractivity contribution < 1.29 is 4.79 Å². The number of nitrogens with zero attached hydrogens (tertiary/aromatic N) is 4. The van der Waals surface area contributed by atoms with Gasteiger partial charge in [0.2, 0.25) is 0 Å². The molecule has 0 aliphatic heterocycles. The molecular formula is C19H15N5OS. The van der Waals surface area contributed by atoms with E-state index in [9.17, 15) is 4.79 Å². The van der Waals surface area contributed by atoms with Crippen LogP contribution in [0.25, 0.3) is 21.5 Å². The average molecular weight is 361 g/mol. The summed E-state index contributed by atoms with van der Waals surface area (Å²) in [5.41, 5.74) is 1.70. The summed E-state index contributed by atoms with van der Waals surface area (Å²) in [6.07, 6.45) is 2.25. The number of thiophene rings is 1. The maximum absolute atomic E-state index is 12.5. The van der Waals surface area contributed by atoms with Gasteiger partial charge in [-0.1, -0.05) is 18.2 Å². The summed E-state index contributed by atoms with van der Waals surface area (Å²) < 4.78 is 2.99. The normalized spacial score (nSPS) is 13.8. The highest BCUT2D eigenvalue weighted by Crippen LogP contribution is 2.36. The van der Waals surface area contributed by atoms with Crippen LogP contribution in [0.4, 0.5) is 5.69 Å². The Kier molecular flexibility index (Phi) is 3.53. The third-order valence-corrected chi connectivity index (χ3v) is 5.55. The molecule has 0 spiro atoms. The van der Waals surface area contributed by atoms with Crippen molar-refractivity contribution in [3.63, 3.8) is 0 Å². The summed E-state index contributed by atoms with van der Waals surface area (Å²) in [6, 6.07) is 18.0. The number of tetrazole rings is 1. The number of amides is 1. The Morgan fingerprint density at radius 3 is 2.69 bits per heavy atom. The highest BCUT2D eigenvalue weighted by Gasteiger charge is 2.28. The van der Waals surface area contributed by atoms with Crippen molar-refractivity contribution in [2.45, 2.75) is 18.9 Å². The highest BCUT2D eigenvalue weighted by atomic mass is 32.1. The predicted octanol–water partition coefficient (Wildman–Crippen LogP) is 4.14. The Hall–Kier alpha value is -3.06. The summed E-state index contributed by atoms with van der Waals surface area (Å²) in [5.74, 6) is 0.677. The molecule has 0 saturated heterocycles. The van der Waals surface area contributed by atoms with Crippen molar-refractivity contribution in [1.82, 2.24) is 20.2 Å². The van der Waals surface area contributed by atoms with E-state index in [4.69, 9.17) is 0 Å². The van der Waals surface area contributed by atoms with Gasteiger partial charge in [-0.25, -0.2) is 4.68 Å². The average Bonchev–Trinajstić information content (AvgIpc) is 3.23. The number of fused-ring (bicyclic) bond motifs is 1. The molecule has 0 atom stereocenters. The third-order valence-electron chi connectivity index (χ3n) is 4.44. The third kappa shape index (κ3) is 2.76. The molecule has 1 N–H and O–H groups in total. The second-order valence-electron chi connectivity index (χ2n) is 6.36. The first-order valence-corrected chi connectivity index (χ1v) is 9.28. The Morgan fingerprint density at radius 2 is 1.92 bits per heavy atom. The van der Waals surface area contributed by atoms with Gasteiger partial charge in [0.15, 0.2) is 5.82 Å². The van der Waals surface area contributed by atoms with Crippen molar-refractivity contribution in [3.8, 4) is 11.4 Å². The van der Waals surface area contributed by atoms with Crippen molar-refractivity contribution >= 4 is 33.0 Å². The minimum atomic E-state index is -0.0956. The lowest BCUT2D eigenvalue weighted by Crippen LogP contribution is -2.09. The van der Waals surface area contributed by atoms with Crippen molar-refractivity contribution in [2.75, 3.05) is 5.32 Å². The lowest BCUT2D eigenvalue weighted by molar-refractivity contribution is 0.103. The summed E-state index contributed by atoms with van der Waals surface area (Å²) in [4.78, 5) is 13.2. The van der Waals surface area contributed by atoms with E-state index in [0.717, 1.165) is 40.0 Å². The Bertz CT molecular complexity index is 1060. The molecule has 2 heterocycles. The van der Waals surface area contributed by atoms with E-state index in [0.29, 0.717) is 10.9 Å². The maximum atomic E-state index is 12.5. The molecule has 2 aromatic carbocycles. The molecule has 6 nitrogen and oxygen atoms in total. The molecule has 26 heavy (non-hydrogen) atoms. The van der Waals surface area contributed by atoms with Crippen LogP contribution in [0.1, 0.15) is 28.6 Å². The zero-order valence-corrected chi connectivity index (χ0v) is 14.6. The van der Waals surface area contributed by atoms with Gasteiger partial charge >= 0.3 is 0 Å². The SMILES string of the molecule is O=C(Nc1ccc(-c2nnnn2C2CC2)cc1)c1cc2ccccc2s1. The van der Waals surface area contributed by atoms with Crippen LogP contribution in [0.3, 0.4) is 0 Å². The molecule has 5 rings (SSSR count). The largest absolute Gasteiger partial charge is 0.321 e. The van der Waals surface area contributed by atoms with Crippen LogP contribution >= 0.6 is 11.3 Å². The van der Waals surface area contributed by atoms with Gasteiger partial charge < -0.3 is 5.32 Å². The summed E-state index contributed by atoms with van der Waals surface area (Å²) in [7, 11) is 0. The number of nitrogens with one attached hydrogen (secondary N) is 1. The van der Waals surface area contributed by atoms with E-state index < -0.39 is 0 Å². The first-order chi connectivity index (χ1) is 12.8. The van der Waals surface area contributed by atoms with Gasteiger partial charge in [-0.2, -0.15) is 0 Å². The Labute approximate surface area is 153 Å². The zero-order valence-electron chi connectivity index (χ0n) is 13.8. The molecule has 1 aliphatic carbocycles. The van der Waals surface area contributed by atoms with E-state index in [1.54, 1.807) is 0 Å². The first-order valence-electron chi connectivity index (χ1n) is 8.46. The molecular weight excluding hydrogens is 346 g/mol. The number of anilines is 1.